The Bertz CT molecular complexity index is 1480. The second-order valence-electron chi connectivity index (χ2n) is 8.77. The molecule has 0 radical (unpaired) electrons. The van der Waals surface area contributed by atoms with Gasteiger partial charge < -0.3 is 19.2 Å². The predicted octanol–water partition coefficient (Wildman–Crippen LogP) is 4.34. The van der Waals surface area contributed by atoms with Crippen LogP contribution in [0.3, 0.4) is 0 Å². The normalized spacial score (nSPS) is 19.9. The molecule has 1 aromatic heterocycles. The fourth-order valence-corrected chi connectivity index (χ4v) is 5.25. The van der Waals surface area contributed by atoms with Crippen LogP contribution in [0.5, 0.6) is 5.75 Å². The van der Waals surface area contributed by atoms with Gasteiger partial charge in [0.2, 0.25) is 0 Å². The first-order chi connectivity index (χ1) is 16.9. The number of rotatable bonds is 4. The summed E-state index contributed by atoms with van der Waals surface area (Å²) in [5.41, 5.74) is 3.22. The fourth-order valence-electron chi connectivity index (χ4n) is 5.25. The molecule has 5 rings (SSSR count). The number of benzene rings is 2. The number of para-hydroxylation sites is 2. The van der Waals surface area contributed by atoms with E-state index in [0.29, 0.717) is 34.4 Å². The highest BCUT2D eigenvalue weighted by Crippen LogP contribution is 2.46. The van der Waals surface area contributed by atoms with E-state index in [1.165, 1.54) is 13.4 Å². The second-order valence-corrected chi connectivity index (χ2v) is 8.77. The first-order valence-electron chi connectivity index (χ1n) is 11.4. The van der Waals surface area contributed by atoms with Gasteiger partial charge in [0.15, 0.2) is 11.2 Å². The molecule has 2 atom stereocenters. The Labute approximate surface area is 202 Å². The van der Waals surface area contributed by atoms with Crippen molar-refractivity contribution < 1.29 is 23.5 Å². The zero-order valence-corrected chi connectivity index (χ0v) is 19.7. The molecule has 0 unspecified atom stereocenters. The predicted molar refractivity (Wildman–Crippen MR) is 130 cm³/mol. The lowest BCUT2D eigenvalue weighted by Gasteiger charge is -2.36. The zero-order valence-electron chi connectivity index (χ0n) is 19.7. The molecular formula is C28H25NO6. The Morgan fingerprint density at radius 2 is 1.74 bits per heavy atom. The largest absolute Gasteiger partial charge is 0.496 e. The van der Waals surface area contributed by atoms with Crippen LogP contribution >= 0.6 is 0 Å². The number of hydrogen-bond donors (Lipinski definition) is 1. The number of carbonyl (C=O) groups is 2. The highest BCUT2D eigenvalue weighted by molar-refractivity contribution is 6.04. The van der Waals surface area contributed by atoms with Gasteiger partial charge in [-0.2, -0.15) is 0 Å². The van der Waals surface area contributed by atoms with Gasteiger partial charge in [-0.3, -0.25) is 9.59 Å². The van der Waals surface area contributed by atoms with E-state index in [-0.39, 0.29) is 34.7 Å². The zero-order chi connectivity index (χ0) is 24.7. The van der Waals surface area contributed by atoms with Gasteiger partial charge in [-0.25, -0.2) is 4.79 Å². The Kier molecular flexibility index (Phi) is 5.76. The van der Waals surface area contributed by atoms with E-state index < -0.39 is 11.9 Å². The highest BCUT2D eigenvalue weighted by Gasteiger charge is 2.43. The van der Waals surface area contributed by atoms with Crippen molar-refractivity contribution in [1.29, 1.82) is 0 Å². The lowest BCUT2D eigenvalue weighted by molar-refractivity contribution is -0.136. The van der Waals surface area contributed by atoms with Crippen molar-refractivity contribution in [2.24, 2.45) is 0 Å². The van der Waals surface area contributed by atoms with E-state index >= 15 is 0 Å². The van der Waals surface area contributed by atoms with Crippen molar-refractivity contribution in [1.82, 2.24) is 5.32 Å². The summed E-state index contributed by atoms with van der Waals surface area (Å²) in [5.74, 6) is -1.00. The van der Waals surface area contributed by atoms with E-state index in [9.17, 15) is 14.4 Å². The van der Waals surface area contributed by atoms with Gasteiger partial charge in [0, 0.05) is 34.9 Å². The summed E-state index contributed by atoms with van der Waals surface area (Å²) in [5, 5.41) is 3.66. The molecule has 0 saturated carbocycles. The van der Waals surface area contributed by atoms with Gasteiger partial charge in [0.25, 0.3) is 0 Å². The number of allylic oxidation sites excluding steroid dienone is 3. The molecule has 1 aliphatic heterocycles. The standard InChI is InChI=1S/C28H25NO6/c1-15-24(28(32)34-3)25(19-14-35-23-11-7-5-9-18(23)27(19)31)26-20(29-15)12-16(13-21(26)30)17-8-4-6-10-22(17)33-2/h4-11,14,16,25,29H,12-13H2,1-3H3/t16-,25-/m0/s1. The summed E-state index contributed by atoms with van der Waals surface area (Å²) >= 11 is 0. The molecule has 2 heterocycles. The van der Waals surface area contributed by atoms with Crippen LogP contribution in [0.15, 0.2) is 86.5 Å². The first kappa shape index (κ1) is 22.7. The molecule has 7 heteroatoms. The third-order valence-corrected chi connectivity index (χ3v) is 6.83. The van der Waals surface area contributed by atoms with E-state index in [1.54, 1.807) is 38.3 Å². The minimum atomic E-state index is -0.884. The number of Topliss-reactive ketones (excluding diaryl/α,β-unsaturated/α-hetero) is 1. The van der Waals surface area contributed by atoms with E-state index in [1.807, 2.05) is 24.3 Å². The van der Waals surface area contributed by atoms with Crippen LogP contribution in [0.25, 0.3) is 11.0 Å². The van der Waals surface area contributed by atoms with Gasteiger partial charge in [0.1, 0.15) is 11.3 Å². The number of ether oxygens (including phenoxy) is 2. The molecule has 0 saturated heterocycles. The molecule has 2 aliphatic rings. The Morgan fingerprint density at radius 3 is 2.51 bits per heavy atom. The van der Waals surface area contributed by atoms with Crippen molar-refractivity contribution >= 4 is 22.7 Å². The molecule has 1 aliphatic carbocycles. The molecule has 0 bridgehead atoms. The molecule has 0 amide bonds. The number of ketones is 1. The highest BCUT2D eigenvalue weighted by atomic mass is 16.5. The van der Waals surface area contributed by atoms with Gasteiger partial charge >= 0.3 is 5.97 Å². The lowest BCUT2D eigenvalue weighted by Crippen LogP contribution is -2.37. The summed E-state index contributed by atoms with van der Waals surface area (Å²) < 4.78 is 16.3. The van der Waals surface area contributed by atoms with Crippen LogP contribution in [-0.2, 0) is 14.3 Å². The molecule has 0 spiro atoms. The molecule has 3 aromatic rings. The number of carbonyl (C=O) groups excluding carboxylic acids is 2. The van der Waals surface area contributed by atoms with E-state index in [2.05, 4.69) is 5.32 Å². The van der Waals surface area contributed by atoms with Crippen molar-refractivity contribution in [2.45, 2.75) is 31.6 Å². The minimum Gasteiger partial charge on any atom is -0.496 e. The second kappa shape index (κ2) is 8.91. The fraction of sp³-hybridized carbons (Fsp3) is 0.250. The van der Waals surface area contributed by atoms with E-state index in [4.69, 9.17) is 13.9 Å². The smallest absolute Gasteiger partial charge is 0.336 e. The van der Waals surface area contributed by atoms with Crippen LogP contribution in [0.2, 0.25) is 0 Å². The molecule has 2 aromatic carbocycles. The molecule has 178 valence electrons. The molecule has 7 nitrogen and oxygen atoms in total. The number of nitrogens with one attached hydrogen (secondary N) is 1. The van der Waals surface area contributed by atoms with Crippen molar-refractivity contribution in [3.8, 4) is 5.75 Å². The van der Waals surface area contributed by atoms with Crippen molar-refractivity contribution in [3.05, 3.63) is 98.7 Å². The number of hydrogen-bond acceptors (Lipinski definition) is 7. The third-order valence-electron chi connectivity index (χ3n) is 6.83. The first-order valence-corrected chi connectivity index (χ1v) is 11.4. The monoisotopic (exact) mass is 471 g/mol. The SMILES string of the molecule is COC(=O)C1=C(C)NC2=C(C(=O)C[C@@H](c3ccccc3OC)C2)[C@H]1c1coc2ccccc2c1=O. The van der Waals surface area contributed by atoms with Crippen LogP contribution in [0, 0.1) is 0 Å². The number of fused-ring (bicyclic) bond motifs is 1. The maximum Gasteiger partial charge on any atom is 0.336 e. The molecule has 35 heavy (non-hydrogen) atoms. The van der Waals surface area contributed by atoms with E-state index in [0.717, 1.165) is 11.3 Å². The lowest BCUT2D eigenvalue weighted by atomic mass is 9.71. The Morgan fingerprint density at radius 1 is 1.00 bits per heavy atom. The summed E-state index contributed by atoms with van der Waals surface area (Å²) in [4.78, 5) is 40.1. The Hall–Kier alpha value is -4.13. The maximum absolute atomic E-state index is 13.7. The van der Waals surface area contributed by atoms with Crippen molar-refractivity contribution in [2.75, 3.05) is 14.2 Å². The topological polar surface area (TPSA) is 94.8 Å². The number of dihydropyridines is 1. The molecule has 1 N–H and O–H groups in total. The third kappa shape index (κ3) is 3.73. The van der Waals surface area contributed by atoms with Crippen LogP contribution in [0.1, 0.15) is 42.7 Å². The van der Waals surface area contributed by atoms with Crippen LogP contribution < -0.4 is 15.5 Å². The maximum atomic E-state index is 13.7. The summed E-state index contributed by atoms with van der Waals surface area (Å²) in [6.07, 6.45) is 2.12. The Balaban J connectivity index is 1.68. The average molecular weight is 472 g/mol. The van der Waals surface area contributed by atoms with Crippen molar-refractivity contribution in [3.63, 3.8) is 0 Å². The van der Waals surface area contributed by atoms with Gasteiger partial charge in [-0.1, -0.05) is 30.3 Å². The number of esters is 1. The minimum absolute atomic E-state index is 0.106. The number of methoxy groups -OCH3 is 2. The average Bonchev–Trinajstić information content (AvgIpc) is 2.87. The molecular weight excluding hydrogens is 446 g/mol. The summed E-state index contributed by atoms with van der Waals surface area (Å²) in [7, 11) is 2.89. The quantitative estimate of drug-likeness (QED) is 0.566. The van der Waals surface area contributed by atoms with Gasteiger partial charge in [-0.15, -0.1) is 0 Å². The van der Waals surface area contributed by atoms with Crippen LogP contribution in [0.4, 0.5) is 0 Å². The molecule has 0 fully saturated rings. The van der Waals surface area contributed by atoms with Gasteiger partial charge in [0.05, 0.1) is 37.4 Å². The van der Waals surface area contributed by atoms with Gasteiger partial charge in [-0.05, 0) is 37.1 Å². The summed E-state index contributed by atoms with van der Waals surface area (Å²) in [6.45, 7) is 1.75. The summed E-state index contributed by atoms with van der Waals surface area (Å²) in [6, 6.07) is 14.6. The van der Waals surface area contributed by atoms with Crippen LogP contribution in [-0.4, -0.2) is 26.0 Å².